The second kappa shape index (κ2) is 6.54. The van der Waals surface area contributed by atoms with E-state index in [9.17, 15) is 8.42 Å². The molecule has 0 saturated heterocycles. The number of ether oxygens (including phenoxy) is 1. The molecule has 22 heavy (non-hydrogen) atoms. The number of benzene rings is 2. The first-order valence-electron chi connectivity index (χ1n) is 6.65. The van der Waals surface area contributed by atoms with Crippen LogP contribution in [0.15, 0.2) is 53.4 Å². The van der Waals surface area contributed by atoms with Crippen LogP contribution in [-0.2, 0) is 10.0 Å². The van der Waals surface area contributed by atoms with Crippen molar-refractivity contribution in [1.29, 1.82) is 0 Å². The van der Waals surface area contributed by atoms with Gasteiger partial charge >= 0.3 is 0 Å². The maximum atomic E-state index is 12.4. The van der Waals surface area contributed by atoms with Crippen molar-refractivity contribution in [2.75, 3.05) is 14.2 Å². The summed E-state index contributed by atoms with van der Waals surface area (Å²) in [4.78, 5) is 0.223. The van der Waals surface area contributed by atoms with Crippen molar-refractivity contribution in [3.63, 3.8) is 0 Å². The van der Waals surface area contributed by atoms with Crippen molar-refractivity contribution in [2.24, 2.45) is 0 Å². The molecule has 2 rings (SSSR count). The maximum Gasteiger partial charge on any atom is 0.270 e. The fraction of sp³-hybridized carbons (Fsp3) is 0.176. The van der Waals surface area contributed by atoms with E-state index in [4.69, 9.17) is 4.74 Å². The first-order valence-corrected chi connectivity index (χ1v) is 8.09. The number of aryl methyl sites for hydroxylation is 1. The molecule has 0 fully saturated rings. The highest BCUT2D eigenvalue weighted by molar-refractivity contribution is 7.89. The van der Waals surface area contributed by atoms with E-state index in [2.05, 4.69) is 12.0 Å². The Morgan fingerprint density at radius 2 is 1.77 bits per heavy atom. The molecule has 0 amide bonds. The normalized spacial score (nSPS) is 10.5. The zero-order valence-electron chi connectivity index (χ0n) is 12.7. The molecule has 0 spiro atoms. The lowest BCUT2D eigenvalue weighted by atomic mass is 10.2. The maximum absolute atomic E-state index is 12.4. The Bertz CT molecular complexity index is 815. The highest BCUT2D eigenvalue weighted by Crippen LogP contribution is 2.15. The van der Waals surface area contributed by atoms with Crippen molar-refractivity contribution < 1.29 is 13.2 Å². The van der Waals surface area contributed by atoms with E-state index >= 15 is 0 Å². The third-order valence-corrected chi connectivity index (χ3v) is 4.79. The summed E-state index contributed by atoms with van der Waals surface area (Å²) < 4.78 is 30.9. The molecule has 4 nitrogen and oxygen atoms in total. The minimum atomic E-state index is -3.61. The van der Waals surface area contributed by atoms with Crippen LogP contribution in [-0.4, -0.2) is 26.9 Å². The van der Waals surface area contributed by atoms with Crippen LogP contribution in [0.25, 0.3) is 0 Å². The van der Waals surface area contributed by atoms with Crippen LogP contribution in [0.4, 0.5) is 0 Å². The summed E-state index contributed by atoms with van der Waals surface area (Å²) in [5.41, 5.74) is 1.69. The molecule has 2 aromatic carbocycles. The van der Waals surface area contributed by atoms with Gasteiger partial charge in [0.25, 0.3) is 10.0 Å². The highest BCUT2D eigenvalue weighted by Gasteiger charge is 2.17. The molecule has 0 aliphatic heterocycles. The Kier molecular flexibility index (Phi) is 4.74. The quantitative estimate of drug-likeness (QED) is 0.646. The van der Waals surface area contributed by atoms with Crippen molar-refractivity contribution in [2.45, 2.75) is 11.8 Å². The first-order chi connectivity index (χ1) is 10.4. The van der Waals surface area contributed by atoms with E-state index in [0.717, 1.165) is 9.87 Å². The number of sulfonamides is 1. The number of hydrogen-bond acceptors (Lipinski definition) is 3. The molecule has 0 atom stereocenters. The summed E-state index contributed by atoms with van der Waals surface area (Å²) in [5, 5.41) is 0. The molecule has 0 N–H and O–H groups in total. The van der Waals surface area contributed by atoms with Gasteiger partial charge in [0.15, 0.2) is 0 Å². The Hall–Kier alpha value is -2.45. The molecule has 0 aliphatic rings. The Balaban J connectivity index is 2.26. The molecule has 5 heteroatoms. The van der Waals surface area contributed by atoms with Crippen LogP contribution >= 0.6 is 0 Å². The average Bonchev–Trinajstić information content (AvgIpc) is 2.53. The Labute approximate surface area is 131 Å². The average molecular weight is 315 g/mol. The molecule has 0 heterocycles. The summed E-state index contributed by atoms with van der Waals surface area (Å²) in [7, 11) is -0.610. The van der Waals surface area contributed by atoms with Gasteiger partial charge in [0, 0.05) is 18.7 Å². The SMILES string of the molecule is COc1cccc(C#CN(C)S(=O)(=O)c2ccc(C)cc2)c1. The largest absolute Gasteiger partial charge is 0.497 e. The molecule has 114 valence electrons. The smallest absolute Gasteiger partial charge is 0.270 e. The van der Waals surface area contributed by atoms with E-state index in [1.807, 2.05) is 6.92 Å². The number of nitrogens with zero attached hydrogens (tertiary/aromatic N) is 1. The van der Waals surface area contributed by atoms with Crippen molar-refractivity contribution in [3.05, 3.63) is 59.7 Å². The van der Waals surface area contributed by atoms with Gasteiger partial charge in [0.2, 0.25) is 0 Å². The first kappa shape index (κ1) is 15.9. The van der Waals surface area contributed by atoms with Gasteiger partial charge in [-0.15, -0.1) is 0 Å². The van der Waals surface area contributed by atoms with Crippen molar-refractivity contribution >= 4 is 10.0 Å². The summed E-state index contributed by atoms with van der Waals surface area (Å²) in [6.07, 6.45) is 0. The van der Waals surface area contributed by atoms with E-state index in [0.29, 0.717) is 11.3 Å². The van der Waals surface area contributed by atoms with Crippen molar-refractivity contribution in [1.82, 2.24) is 4.31 Å². The summed E-state index contributed by atoms with van der Waals surface area (Å²) in [6, 6.07) is 16.5. The number of rotatable bonds is 3. The van der Waals surface area contributed by atoms with Crippen LogP contribution in [0.1, 0.15) is 11.1 Å². The zero-order valence-corrected chi connectivity index (χ0v) is 13.5. The van der Waals surface area contributed by atoms with E-state index < -0.39 is 10.0 Å². The van der Waals surface area contributed by atoms with Crippen molar-refractivity contribution in [3.8, 4) is 17.7 Å². The van der Waals surface area contributed by atoms with E-state index in [1.165, 1.54) is 7.05 Å². The minimum Gasteiger partial charge on any atom is -0.497 e. The Morgan fingerprint density at radius 3 is 2.41 bits per heavy atom. The lowest BCUT2D eigenvalue weighted by molar-refractivity contribution is 0.414. The monoisotopic (exact) mass is 315 g/mol. The van der Waals surface area contributed by atoms with Gasteiger partial charge in [-0.05, 0) is 43.2 Å². The summed E-state index contributed by atoms with van der Waals surface area (Å²) >= 11 is 0. The molecule has 0 aliphatic carbocycles. The third kappa shape index (κ3) is 3.60. The number of methoxy groups -OCH3 is 1. The predicted octanol–water partition coefficient (Wildman–Crippen LogP) is 2.63. The lowest BCUT2D eigenvalue weighted by Gasteiger charge is -2.12. The lowest BCUT2D eigenvalue weighted by Crippen LogP contribution is -2.22. The Morgan fingerprint density at radius 1 is 1.09 bits per heavy atom. The van der Waals surface area contributed by atoms with Crippen LogP contribution in [0.3, 0.4) is 0 Å². The van der Waals surface area contributed by atoms with Gasteiger partial charge in [0.05, 0.1) is 12.0 Å². The molecule has 0 radical (unpaired) electrons. The van der Waals surface area contributed by atoms with Crippen LogP contribution < -0.4 is 4.74 Å². The van der Waals surface area contributed by atoms with Gasteiger partial charge in [-0.3, -0.25) is 0 Å². The molecule has 0 aromatic heterocycles. The second-order valence-electron chi connectivity index (χ2n) is 4.75. The molecular weight excluding hydrogens is 298 g/mol. The second-order valence-corrected chi connectivity index (χ2v) is 6.72. The zero-order chi connectivity index (χ0) is 16.2. The van der Waals surface area contributed by atoms with Gasteiger partial charge in [-0.1, -0.05) is 23.8 Å². The fourth-order valence-electron chi connectivity index (χ4n) is 1.77. The number of hydrogen-bond donors (Lipinski definition) is 0. The van der Waals surface area contributed by atoms with E-state index in [1.54, 1.807) is 55.6 Å². The van der Waals surface area contributed by atoms with Crippen LogP contribution in [0.2, 0.25) is 0 Å². The molecule has 0 unspecified atom stereocenters. The van der Waals surface area contributed by atoms with Gasteiger partial charge in [-0.2, -0.15) is 0 Å². The van der Waals surface area contributed by atoms with Crippen LogP contribution in [0.5, 0.6) is 5.75 Å². The van der Waals surface area contributed by atoms with Gasteiger partial charge in [0.1, 0.15) is 5.75 Å². The van der Waals surface area contributed by atoms with Gasteiger partial charge in [-0.25, -0.2) is 12.7 Å². The summed E-state index contributed by atoms with van der Waals surface area (Å²) in [6.45, 7) is 1.91. The minimum absolute atomic E-state index is 0.223. The highest BCUT2D eigenvalue weighted by atomic mass is 32.2. The van der Waals surface area contributed by atoms with Crippen LogP contribution in [0, 0.1) is 18.9 Å². The fourth-order valence-corrected chi connectivity index (χ4v) is 2.73. The summed E-state index contributed by atoms with van der Waals surface area (Å²) in [5.74, 6) is 3.50. The predicted molar refractivity (Wildman–Crippen MR) is 86.0 cm³/mol. The topological polar surface area (TPSA) is 46.6 Å². The molecule has 0 saturated carbocycles. The van der Waals surface area contributed by atoms with Gasteiger partial charge < -0.3 is 4.74 Å². The third-order valence-electron chi connectivity index (χ3n) is 3.11. The molecule has 0 bridgehead atoms. The molecular formula is C17H17NO3S. The standard InChI is InChI=1S/C17H17NO3S/c1-14-7-9-17(10-8-14)22(19,20)18(2)12-11-15-5-4-6-16(13-15)21-3/h4-10,13H,1-3H3. The molecule has 2 aromatic rings. The van der Waals surface area contributed by atoms with E-state index in [-0.39, 0.29) is 4.90 Å².